The molecular weight excluding hydrogens is 128 g/mol. The molecule has 0 amide bonds. The number of nitriles is 1. The second-order valence-electron chi connectivity index (χ2n) is 1.94. The van der Waals surface area contributed by atoms with Crippen LogP contribution < -0.4 is 0 Å². The van der Waals surface area contributed by atoms with Crippen molar-refractivity contribution < 1.29 is 0 Å². The molecule has 1 heterocycles. The Bertz CT molecular complexity index is 244. The third-order valence-electron chi connectivity index (χ3n) is 1.09. The molecular formula is C6H8N4. The van der Waals surface area contributed by atoms with E-state index in [9.17, 15) is 0 Å². The Morgan fingerprint density at radius 1 is 1.80 bits per heavy atom. The molecule has 0 N–H and O–H groups in total. The Morgan fingerprint density at radius 3 is 3.10 bits per heavy atom. The normalized spacial score (nSPS) is 9.20. The summed E-state index contributed by atoms with van der Waals surface area (Å²) in [7, 11) is 0. The monoisotopic (exact) mass is 136 g/mol. The van der Waals surface area contributed by atoms with Crippen molar-refractivity contribution >= 4 is 0 Å². The Kier molecular flexibility index (Phi) is 2.00. The van der Waals surface area contributed by atoms with Crippen molar-refractivity contribution in [1.82, 2.24) is 14.8 Å². The predicted molar refractivity (Wildman–Crippen MR) is 35.0 cm³/mol. The minimum absolute atomic E-state index is 0.244. The van der Waals surface area contributed by atoms with E-state index in [0.717, 1.165) is 13.0 Å². The summed E-state index contributed by atoms with van der Waals surface area (Å²) in [6, 6.07) is 1.86. The summed E-state index contributed by atoms with van der Waals surface area (Å²) in [6.07, 6.45) is 2.58. The molecule has 1 aromatic rings. The van der Waals surface area contributed by atoms with Crippen LogP contribution in [0.3, 0.4) is 0 Å². The second-order valence-corrected chi connectivity index (χ2v) is 1.94. The van der Waals surface area contributed by atoms with Crippen molar-refractivity contribution in [3.05, 3.63) is 12.2 Å². The first-order chi connectivity index (χ1) is 4.86. The molecule has 0 unspecified atom stereocenters. The van der Waals surface area contributed by atoms with Gasteiger partial charge in [-0.15, -0.1) is 5.10 Å². The quantitative estimate of drug-likeness (QED) is 0.596. The van der Waals surface area contributed by atoms with Crippen LogP contribution in [-0.4, -0.2) is 14.8 Å². The number of nitrogens with zero attached hydrogens (tertiary/aromatic N) is 4. The van der Waals surface area contributed by atoms with Gasteiger partial charge in [0.25, 0.3) is 5.82 Å². The summed E-state index contributed by atoms with van der Waals surface area (Å²) >= 11 is 0. The lowest BCUT2D eigenvalue weighted by Crippen LogP contribution is -1.96. The van der Waals surface area contributed by atoms with Crippen molar-refractivity contribution in [2.45, 2.75) is 19.9 Å². The molecule has 4 nitrogen and oxygen atoms in total. The maximum Gasteiger partial charge on any atom is 0.252 e. The standard InChI is InChI=1S/C6H8N4/c1-2-3-10-5-8-6(4-7)9-10/h5H,2-3H2,1H3. The van der Waals surface area contributed by atoms with Crippen LogP contribution in [0.15, 0.2) is 6.33 Å². The maximum absolute atomic E-state index is 8.33. The molecule has 0 aliphatic rings. The van der Waals surface area contributed by atoms with Gasteiger partial charge in [0.2, 0.25) is 0 Å². The van der Waals surface area contributed by atoms with Crippen LogP contribution in [0.4, 0.5) is 0 Å². The van der Waals surface area contributed by atoms with Crippen LogP contribution in [0.5, 0.6) is 0 Å². The fourth-order valence-corrected chi connectivity index (χ4v) is 0.683. The van der Waals surface area contributed by atoms with Crippen LogP contribution in [0.2, 0.25) is 0 Å². The Balaban J connectivity index is 2.71. The predicted octanol–water partition coefficient (Wildman–Crippen LogP) is 0.560. The molecule has 0 aliphatic heterocycles. The van der Waals surface area contributed by atoms with Crippen molar-refractivity contribution in [3.8, 4) is 6.07 Å². The smallest absolute Gasteiger partial charge is 0.252 e. The van der Waals surface area contributed by atoms with Gasteiger partial charge in [-0.2, -0.15) is 5.26 Å². The molecule has 0 spiro atoms. The molecule has 4 heteroatoms. The van der Waals surface area contributed by atoms with E-state index in [1.807, 2.05) is 13.0 Å². The van der Waals surface area contributed by atoms with E-state index in [0.29, 0.717) is 0 Å². The SMILES string of the molecule is CCCn1cnc(C#N)n1. The van der Waals surface area contributed by atoms with Crippen LogP contribution in [-0.2, 0) is 6.54 Å². The fourth-order valence-electron chi connectivity index (χ4n) is 0.683. The average Bonchev–Trinajstić information content (AvgIpc) is 2.37. The third kappa shape index (κ3) is 1.32. The molecule has 0 saturated heterocycles. The highest BCUT2D eigenvalue weighted by Gasteiger charge is 1.95. The van der Waals surface area contributed by atoms with Crippen molar-refractivity contribution in [1.29, 1.82) is 5.26 Å². The van der Waals surface area contributed by atoms with Crippen LogP contribution >= 0.6 is 0 Å². The average molecular weight is 136 g/mol. The van der Waals surface area contributed by atoms with Gasteiger partial charge in [-0.05, 0) is 6.42 Å². The van der Waals surface area contributed by atoms with Gasteiger partial charge in [0.1, 0.15) is 12.4 Å². The van der Waals surface area contributed by atoms with E-state index >= 15 is 0 Å². The number of aromatic nitrogens is 3. The largest absolute Gasteiger partial charge is 0.252 e. The van der Waals surface area contributed by atoms with E-state index in [2.05, 4.69) is 10.1 Å². The molecule has 0 aliphatic carbocycles. The van der Waals surface area contributed by atoms with Crippen LogP contribution in [0.25, 0.3) is 0 Å². The van der Waals surface area contributed by atoms with Gasteiger partial charge < -0.3 is 0 Å². The molecule has 10 heavy (non-hydrogen) atoms. The van der Waals surface area contributed by atoms with E-state index in [-0.39, 0.29) is 5.82 Å². The summed E-state index contributed by atoms with van der Waals surface area (Å²) < 4.78 is 1.67. The van der Waals surface area contributed by atoms with Crippen LogP contribution in [0, 0.1) is 11.3 Å². The lowest BCUT2D eigenvalue weighted by atomic mass is 10.5. The maximum atomic E-state index is 8.33. The Morgan fingerprint density at radius 2 is 2.60 bits per heavy atom. The summed E-state index contributed by atoms with van der Waals surface area (Å²) in [5.41, 5.74) is 0. The first kappa shape index (κ1) is 6.75. The number of hydrogen-bond donors (Lipinski definition) is 0. The first-order valence-corrected chi connectivity index (χ1v) is 3.16. The molecule has 0 aromatic carbocycles. The van der Waals surface area contributed by atoms with Crippen molar-refractivity contribution in [3.63, 3.8) is 0 Å². The van der Waals surface area contributed by atoms with Gasteiger partial charge in [0.05, 0.1) is 0 Å². The zero-order valence-corrected chi connectivity index (χ0v) is 5.78. The molecule has 0 fully saturated rings. The van der Waals surface area contributed by atoms with Crippen LogP contribution in [0.1, 0.15) is 19.2 Å². The summed E-state index contributed by atoms with van der Waals surface area (Å²) in [6.45, 7) is 2.88. The first-order valence-electron chi connectivity index (χ1n) is 3.16. The lowest BCUT2D eigenvalue weighted by Gasteiger charge is -1.91. The number of rotatable bonds is 2. The fraction of sp³-hybridized carbons (Fsp3) is 0.500. The molecule has 52 valence electrons. The van der Waals surface area contributed by atoms with Crippen molar-refractivity contribution in [2.24, 2.45) is 0 Å². The van der Waals surface area contributed by atoms with E-state index in [1.54, 1.807) is 11.0 Å². The Hall–Kier alpha value is -1.37. The second kappa shape index (κ2) is 2.97. The molecule has 0 saturated carbocycles. The van der Waals surface area contributed by atoms with E-state index in [4.69, 9.17) is 5.26 Å². The van der Waals surface area contributed by atoms with Gasteiger partial charge in [-0.1, -0.05) is 6.92 Å². The molecule has 1 rings (SSSR count). The van der Waals surface area contributed by atoms with Gasteiger partial charge >= 0.3 is 0 Å². The highest BCUT2D eigenvalue weighted by atomic mass is 15.3. The van der Waals surface area contributed by atoms with Crippen molar-refractivity contribution in [2.75, 3.05) is 0 Å². The molecule has 0 atom stereocenters. The molecule has 0 bridgehead atoms. The topological polar surface area (TPSA) is 54.5 Å². The zero-order chi connectivity index (χ0) is 7.40. The molecule has 1 aromatic heterocycles. The minimum atomic E-state index is 0.244. The highest BCUT2D eigenvalue weighted by molar-refractivity contribution is 5.05. The Labute approximate surface area is 59.1 Å². The van der Waals surface area contributed by atoms with E-state index < -0.39 is 0 Å². The highest BCUT2D eigenvalue weighted by Crippen LogP contribution is 1.88. The minimum Gasteiger partial charge on any atom is -0.252 e. The summed E-state index contributed by atoms with van der Waals surface area (Å²) in [5.74, 6) is 0.244. The lowest BCUT2D eigenvalue weighted by molar-refractivity contribution is 0.599. The van der Waals surface area contributed by atoms with E-state index in [1.165, 1.54) is 0 Å². The third-order valence-corrected chi connectivity index (χ3v) is 1.09. The summed E-state index contributed by atoms with van der Waals surface area (Å²) in [4.78, 5) is 3.74. The van der Waals surface area contributed by atoms with Gasteiger partial charge in [-0.25, -0.2) is 4.98 Å². The zero-order valence-electron chi connectivity index (χ0n) is 5.78. The van der Waals surface area contributed by atoms with Gasteiger partial charge in [0.15, 0.2) is 0 Å². The summed E-state index contributed by atoms with van der Waals surface area (Å²) in [5, 5.41) is 12.2. The van der Waals surface area contributed by atoms with Gasteiger partial charge in [0, 0.05) is 6.54 Å². The number of aryl methyl sites for hydroxylation is 1. The molecule has 0 radical (unpaired) electrons. The van der Waals surface area contributed by atoms with Gasteiger partial charge in [-0.3, -0.25) is 4.68 Å². The number of hydrogen-bond acceptors (Lipinski definition) is 3.